The fraction of sp³-hybridized carbons (Fsp3) is 0.538. The number of carbonyl (C=O) groups excluding carboxylic acids is 1. The third-order valence-electron chi connectivity index (χ3n) is 2.42. The van der Waals surface area contributed by atoms with E-state index in [1.807, 2.05) is 18.2 Å². The number of pyridine rings is 1. The molecule has 1 aromatic rings. The van der Waals surface area contributed by atoms with Crippen LogP contribution in [-0.4, -0.2) is 12.5 Å². The van der Waals surface area contributed by atoms with Crippen LogP contribution in [0.25, 0.3) is 0 Å². The molecule has 0 spiro atoms. The van der Waals surface area contributed by atoms with Gasteiger partial charge < -0.3 is 5.32 Å². The lowest BCUT2D eigenvalue weighted by Crippen LogP contribution is -2.32. The van der Waals surface area contributed by atoms with Crippen LogP contribution in [0.2, 0.25) is 0 Å². The molecule has 1 amide bonds. The molecule has 1 aromatic heterocycles. The molecule has 0 atom stereocenters. The molecular weight excluding hydrogens is 200 g/mol. The van der Waals surface area contributed by atoms with Crippen LogP contribution in [0, 0.1) is 0 Å². The fourth-order valence-electron chi connectivity index (χ4n) is 1.52. The Hall–Kier alpha value is -1.38. The van der Waals surface area contributed by atoms with Gasteiger partial charge in [-0.2, -0.15) is 0 Å². The van der Waals surface area contributed by atoms with Crippen LogP contribution in [0.3, 0.4) is 0 Å². The van der Waals surface area contributed by atoms with Gasteiger partial charge in [-0.15, -0.1) is 0 Å². The Balaban J connectivity index is 2.06. The predicted octanol–water partition coefficient (Wildman–Crippen LogP) is 1.67. The van der Waals surface area contributed by atoms with Gasteiger partial charge in [-0.05, 0) is 12.8 Å². The molecule has 0 aliphatic heterocycles. The van der Waals surface area contributed by atoms with Crippen molar-refractivity contribution in [3.05, 3.63) is 30.6 Å². The van der Waals surface area contributed by atoms with Crippen molar-refractivity contribution in [2.75, 3.05) is 6.54 Å². The second-order valence-electron chi connectivity index (χ2n) is 3.92. The van der Waals surface area contributed by atoms with E-state index in [1.165, 1.54) is 0 Å². The largest absolute Gasteiger partial charge is 0.356 e. The standard InChI is InChI=1S/C13H20N2O/c1-2-9-14-13(16)8-4-7-12-15-10-5-3-6-11-15/h3,5-6,10-11H,2,4,7-9,12H2,1H3/p+1. The van der Waals surface area contributed by atoms with E-state index in [0.717, 1.165) is 32.4 Å². The van der Waals surface area contributed by atoms with E-state index in [0.29, 0.717) is 6.42 Å². The summed E-state index contributed by atoms with van der Waals surface area (Å²) < 4.78 is 2.14. The van der Waals surface area contributed by atoms with Crippen LogP contribution in [-0.2, 0) is 11.3 Å². The highest BCUT2D eigenvalue weighted by atomic mass is 16.1. The van der Waals surface area contributed by atoms with Gasteiger partial charge >= 0.3 is 0 Å². The smallest absolute Gasteiger partial charge is 0.219 e. The van der Waals surface area contributed by atoms with Crippen molar-refractivity contribution < 1.29 is 9.36 Å². The number of hydrogen-bond donors (Lipinski definition) is 1. The molecule has 1 heterocycles. The minimum Gasteiger partial charge on any atom is -0.356 e. The Morgan fingerprint density at radius 1 is 1.19 bits per heavy atom. The summed E-state index contributed by atoms with van der Waals surface area (Å²) in [4.78, 5) is 11.3. The van der Waals surface area contributed by atoms with E-state index in [4.69, 9.17) is 0 Å². The molecule has 1 N–H and O–H groups in total. The molecule has 0 aliphatic rings. The van der Waals surface area contributed by atoms with Gasteiger partial charge in [0.15, 0.2) is 12.4 Å². The van der Waals surface area contributed by atoms with Crippen LogP contribution >= 0.6 is 0 Å². The lowest BCUT2D eigenvalue weighted by Gasteiger charge is -2.02. The molecular formula is C13H21N2O+. The molecule has 3 heteroatoms. The summed E-state index contributed by atoms with van der Waals surface area (Å²) in [5, 5.41) is 2.89. The SMILES string of the molecule is CCCNC(=O)CCCC[n+]1ccccc1. The van der Waals surface area contributed by atoms with Crippen molar-refractivity contribution in [2.45, 2.75) is 39.2 Å². The molecule has 88 valence electrons. The Morgan fingerprint density at radius 3 is 2.62 bits per heavy atom. The molecule has 0 radical (unpaired) electrons. The first kappa shape index (κ1) is 12.7. The highest BCUT2D eigenvalue weighted by molar-refractivity contribution is 5.75. The van der Waals surface area contributed by atoms with Gasteiger partial charge in [0.2, 0.25) is 5.91 Å². The third-order valence-corrected chi connectivity index (χ3v) is 2.42. The van der Waals surface area contributed by atoms with Crippen molar-refractivity contribution in [3.63, 3.8) is 0 Å². The average Bonchev–Trinajstić information content (AvgIpc) is 2.33. The first-order valence-corrected chi connectivity index (χ1v) is 6.03. The van der Waals surface area contributed by atoms with E-state index >= 15 is 0 Å². The lowest BCUT2D eigenvalue weighted by atomic mass is 10.2. The number of aromatic nitrogens is 1. The normalized spacial score (nSPS) is 10.1. The van der Waals surface area contributed by atoms with Gasteiger partial charge in [0.1, 0.15) is 6.54 Å². The number of amides is 1. The maximum atomic E-state index is 11.3. The molecule has 16 heavy (non-hydrogen) atoms. The highest BCUT2D eigenvalue weighted by Gasteiger charge is 2.02. The Kier molecular flexibility index (Phi) is 6.23. The molecule has 3 nitrogen and oxygen atoms in total. The van der Waals surface area contributed by atoms with E-state index < -0.39 is 0 Å². The number of hydrogen-bond acceptors (Lipinski definition) is 1. The molecule has 0 bridgehead atoms. The summed E-state index contributed by atoms with van der Waals surface area (Å²) in [6.45, 7) is 3.85. The summed E-state index contributed by atoms with van der Waals surface area (Å²) in [6, 6.07) is 6.05. The van der Waals surface area contributed by atoms with E-state index in [-0.39, 0.29) is 5.91 Å². The lowest BCUT2D eigenvalue weighted by molar-refractivity contribution is -0.697. The zero-order valence-electron chi connectivity index (χ0n) is 9.98. The van der Waals surface area contributed by atoms with Crippen molar-refractivity contribution in [1.29, 1.82) is 0 Å². The number of unbranched alkanes of at least 4 members (excludes halogenated alkanes) is 1. The van der Waals surface area contributed by atoms with Crippen LogP contribution in [0.1, 0.15) is 32.6 Å². The van der Waals surface area contributed by atoms with Crippen molar-refractivity contribution in [1.82, 2.24) is 5.32 Å². The monoisotopic (exact) mass is 221 g/mol. The predicted molar refractivity (Wildman–Crippen MR) is 63.8 cm³/mol. The van der Waals surface area contributed by atoms with Gasteiger partial charge in [0.05, 0.1) is 0 Å². The quantitative estimate of drug-likeness (QED) is 0.551. The molecule has 0 aliphatic carbocycles. The molecule has 0 saturated heterocycles. The average molecular weight is 221 g/mol. The Morgan fingerprint density at radius 2 is 1.94 bits per heavy atom. The minimum atomic E-state index is 0.180. The molecule has 0 fully saturated rings. The maximum Gasteiger partial charge on any atom is 0.219 e. The maximum absolute atomic E-state index is 11.3. The minimum absolute atomic E-state index is 0.180. The summed E-state index contributed by atoms with van der Waals surface area (Å²) >= 11 is 0. The van der Waals surface area contributed by atoms with Crippen LogP contribution in [0.5, 0.6) is 0 Å². The van der Waals surface area contributed by atoms with Gasteiger partial charge in [0.25, 0.3) is 0 Å². The number of nitrogens with one attached hydrogen (secondary N) is 1. The van der Waals surface area contributed by atoms with E-state index in [2.05, 4.69) is 29.2 Å². The number of nitrogens with zero attached hydrogens (tertiary/aromatic N) is 1. The first-order valence-electron chi connectivity index (χ1n) is 6.03. The third kappa shape index (κ3) is 5.49. The van der Waals surface area contributed by atoms with Gasteiger partial charge in [-0.3, -0.25) is 4.79 Å². The summed E-state index contributed by atoms with van der Waals surface area (Å²) in [6.07, 6.45) is 7.76. The first-order chi connectivity index (χ1) is 7.83. The van der Waals surface area contributed by atoms with Gasteiger partial charge in [-0.25, -0.2) is 4.57 Å². The number of rotatable bonds is 7. The Bertz CT molecular complexity index is 298. The summed E-state index contributed by atoms with van der Waals surface area (Å²) in [7, 11) is 0. The fourth-order valence-corrected chi connectivity index (χ4v) is 1.52. The van der Waals surface area contributed by atoms with Crippen molar-refractivity contribution in [2.24, 2.45) is 0 Å². The molecule has 0 saturated carbocycles. The Labute approximate surface area is 97.5 Å². The molecule has 0 unspecified atom stereocenters. The van der Waals surface area contributed by atoms with Crippen LogP contribution in [0.4, 0.5) is 0 Å². The van der Waals surface area contributed by atoms with Gasteiger partial charge in [0, 0.05) is 31.5 Å². The number of carbonyl (C=O) groups is 1. The zero-order chi connectivity index (χ0) is 11.6. The van der Waals surface area contributed by atoms with E-state index in [1.54, 1.807) is 0 Å². The second-order valence-corrected chi connectivity index (χ2v) is 3.92. The summed E-state index contributed by atoms with van der Waals surface area (Å²) in [5.41, 5.74) is 0. The topological polar surface area (TPSA) is 33.0 Å². The molecule has 1 rings (SSSR count). The zero-order valence-corrected chi connectivity index (χ0v) is 9.98. The van der Waals surface area contributed by atoms with Gasteiger partial charge in [-0.1, -0.05) is 13.0 Å². The van der Waals surface area contributed by atoms with Crippen molar-refractivity contribution in [3.8, 4) is 0 Å². The number of aryl methyl sites for hydroxylation is 1. The van der Waals surface area contributed by atoms with Crippen molar-refractivity contribution >= 4 is 5.91 Å². The van der Waals surface area contributed by atoms with Crippen LogP contribution < -0.4 is 9.88 Å². The second kappa shape index (κ2) is 7.85. The van der Waals surface area contributed by atoms with Crippen LogP contribution in [0.15, 0.2) is 30.6 Å². The highest BCUT2D eigenvalue weighted by Crippen LogP contribution is 1.95. The molecule has 0 aromatic carbocycles. The van der Waals surface area contributed by atoms with E-state index in [9.17, 15) is 4.79 Å². The summed E-state index contributed by atoms with van der Waals surface area (Å²) in [5.74, 6) is 0.180.